The molecule has 0 saturated heterocycles. The largest absolute Gasteiger partial charge is 0.382 e. The van der Waals surface area contributed by atoms with E-state index in [2.05, 4.69) is 10.3 Å². The highest BCUT2D eigenvalue weighted by Gasteiger charge is 2.36. The minimum absolute atomic E-state index is 0.0278. The van der Waals surface area contributed by atoms with Crippen LogP contribution in [0.25, 0.3) is 0 Å². The minimum Gasteiger partial charge on any atom is -0.382 e. The molecule has 1 atom stereocenters. The van der Waals surface area contributed by atoms with E-state index in [0.29, 0.717) is 18.7 Å². The van der Waals surface area contributed by atoms with Crippen LogP contribution in [0.3, 0.4) is 0 Å². The number of aromatic nitrogens is 3. The van der Waals surface area contributed by atoms with Crippen LogP contribution in [0.15, 0.2) is 30.3 Å². The van der Waals surface area contributed by atoms with E-state index in [9.17, 15) is 4.79 Å². The van der Waals surface area contributed by atoms with Crippen LogP contribution in [0.5, 0.6) is 0 Å². The van der Waals surface area contributed by atoms with Gasteiger partial charge in [0.25, 0.3) is 5.91 Å². The van der Waals surface area contributed by atoms with Gasteiger partial charge in [-0.25, -0.2) is 4.68 Å². The average Bonchev–Trinajstić information content (AvgIpc) is 3.34. The zero-order valence-electron chi connectivity index (χ0n) is 13.9. The van der Waals surface area contributed by atoms with Gasteiger partial charge >= 0.3 is 0 Å². The van der Waals surface area contributed by atoms with Gasteiger partial charge in [-0.3, -0.25) is 4.79 Å². The van der Waals surface area contributed by atoms with E-state index in [0.717, 1.165) is 24.6 Å². The molecule has 0 N–H and O–H groups in total. The lowest BCUT2D eigenvalue weighted by molar-refractivity contribution is 0.0490. The van der Waals surface area contributed by atoms with Crippen molar-refractivity contribution < 1.29 is 9.53 Å². The van der Waals surface area contributed by atoms with Crippen molar-refractivity contribution >= 4 is 5.91 Å². The van der Waals surface area contributed by atoms with Gasteiger partial charge in [0.1, 0.15) is 11.7 Å². The molecule has 1 fully saturated rings. The van der Waals surface area contributed by atoms with E-state index >= 15 is 0 Å². The van der Waals surface area contributed by atoms with Crippen molar-refractivity contribution in [1.82, 2.24) is 19.9 Å². The highest BCUT2D eigenvalue weighted by Crippen LogP contribution is 2.34. The van der Waals surface area contributed by atoms with E-state index in [1.807, 2.05) is 39.9 Å². The van der Waals surface area contributed by atoms with Crippen LogP contribution in [0.4, 0.5) is 0 Å². The first-order valence-electron chi connectivity index (χ1n) is 8.55. The molecule has 2 heterocycles. The standard InChI is InChI=1S/C18H22N4O2/c1-24-12-16-17-15(22(20-19-17)11-13-7-8-13)9-10-21(16)18(23)14-5-3-2-4-6-14/h2-6,13,16H,7-12H2,1H3/t16-/m1/s1. The smallest absolute Gasteiger partial charge is 0.254 e. The number of rotatable bonds is 5. The second kappa shape index (κ2) is 6.36. The van der Waals surface area contributed by atoms with Crippen molar-refractivity contribution in [3.8, 4) is 0 Å². The number of benzene rings is 1. The summed E-state index contributed by atoms with van der Waals surface area (Å²) in [4.78, 5) is 14.8. The molecule has 1 aliphatic carbocycles. The number of nitrogens with zero attached hydrogens (tertiary/aromatic N) is 4. The number of hydrogen-bond acceptors (Lipinski definition) is 4. The molecule has 0 spiro atoms. The number of carbonyl (C=O) groups is 1. The van der Waals surface area contributed by atoms with Crippen LogP contribution in [0.2, 0.25) is 0 Å². The quantitative estimate of drug-likeness (QED) is 0.844. The summed E-state index contributed by atoms with van der Waals surface area (Å²) < 4.78 is 7.43. The van der Waals surface area contributed by atoms with Crippen molar-refractivity contribution in [2.45, 2.75) is 31.8 Å². The highest BCUT2D eigenvalue weighted by atomic mass is 16.5. The zero-order valence-corrected chi connectivity index (χ0v) is 13.9. The lowest BCUT2D eigenvalue weighted by atomic mass is 10.0. The second-order valence-corrected chi connectivity index (χ2v) is 6.63. The van der Waals surface area contributed by atoms with Gasteiger partial charge in [-0.1, -0.05) is 23.4 Å². The van der Waals surface area contributed by atoms with Crippen LogP contribution in [0, 0.1) is 5.92 Å². The minimum atomic E-state index is -0.167. The van der Waals surface area contributed by atoms with Gasteiger partial charge in [0.2, 0.25) is 0 Å². The number of carbonyl (C=O) groups excluding carboxylic acids is 1. The van der Waals surface area contributed by atoms with Gasteiger partial charge in [0, 0.05) is 32.2 Å². The fourth-order valence-electron chi connectivity index (χ4n) is 3.40. The van der Waals surface area contributed by atoms with Crippen LogP contribution < -0.4 is 0 Å². The molecular formula is C18H22N4O2. The first kappa shape index (κ1) is 15.3. The molecule has 24 heavy (non-hydrogen) atoms. The maximum atomic E-state index is 12.9. The molecule has 6 heteroatoms. The Balaban J connectivity index is 1.62. The fourth-order valence-corrected chi connectivity index (χ4v) is 3.40. The Morgan fingerprint density at radius 3 is 2.79 bits per heavy atom. The van der Waals surface area contributed by atoms with E-state index in [4.69, 9.17) is 4.74 Å². The van der Waals surface area contributed by atoms with E-state index in [1.54, 1.807) is 7.11 Å². The average molecular weight is 326 g/mol. The third kappa shape index (κ3) is 2.82. The molecule has 6 nitrogen and oxygen atoms in total. The first-order chi connectivity index (χ1) is 11.8. The van der Waals surface area contributed by atoms with E-state index < -0.39 is 0 Å². The van der Waals surface area contributed by atoms with Crippen LogP contribution in [-0.4, -0.2) is 46.1 Å². The Kier molecular flexibility index (Phi) is 4.06. The highest BCUT2D eigenvalue weighted by molar-refractivity contribution is 5.94. The van der Waals surface area contributed by atoms with Crippen molar-refractivity contribution in [2.75, 3.05) is 20.3 Å². The Labute approximate surface area is 141 Å². The summed E-state index contributed by atoms with van der Waals surface area (Å²) in [6, 6.07) is 9.23. The third-order valence-electron chi connectivity index (χ3n) is 4.88. The Bertz CT molecular complexity index is 724. The topological polar surface area (TPSA) is 60.3 Å². The van der Waals surface area contributed by atoms with Gasteiger partial charge in [-0.2, -0.15) is 0 Å². The van der Waals surface area contributed by atoms with E-state index in [1.165, 1.54) is 18.5 Å². The van der Waals surface area contributed by atoms with Gasteiger partial charge in [-0.15, -0.1) is 5.10 Å². The van der Waals surface area contributed by atoms with Crippen LogP contribution in [-0.2, 0) is 17.7 Å². The number of hydrogen-bond donors (Lipinski definition) is 0. The molecular weight excluding hydrogens is 304 g/mol. The van der Waals surface area contributed by atoms with Gasteiger partial charge in [0.15, 0.2) is 0 Å². The fraction of sp³-hybridized carbons (Fsp3) is 0.500. The molecule has 126 valence electrons. The normalized spacial score (nSPS) is 20.0. The van der Waals surface area contributed by atoms with Crippen molar-refractivity contribution in [2.24, 2.45) is 5.92 Å². The third-order valence-corrected chi connectivity index (χ3v) is 4.88. The van der Waals surface area contributed by atoms with Crippen molar-refractivity contribution in [3.63, 3.8) is 0 Å². The summed E-state index contributed by atoms with van der Waals surface area (Å²) in [5.74, 6) is 0.778. The molecule has 1 saturated carbocycles. The number of fused-ring (bicyclic) bond motifs is 1. The summed E-state index contributed by atoms with van der Waals surface area (Å²) in [6.07, 6.45) is 3.37. The predicted octanol–water partition coefficient (Wildman–Crippen LogP) is 2.07. The summed E-state index contributed by atoms with van der Waals surface area (Å²) >= 11 is 0. The number of methoxy groups -OCH3 is 1. The number of ether oxygens (including phenoxy) is 1. The van der Waals surface area contributed by atoms with Crippen molar-refractivity contribution in [1.29, 1.82) is 0 Å². The lowest BCUT2D eigenvalue weighted by Gasteiger charge is -2.34. The Morgan fingerprint density at radius 2 is 2.08 bits per heavy atom. The molecule has 1 aromatic heterocycles. The SMILES string of the molecule is COC[C@@H]1c2nnn(CC3CC3)c2CCN1C(=O)c1ccccc1. The van der Waals surface area contributed by atoms with Gasteiger partial charge in [-0.05, 0) is 30.9 Å². The molecule has 0 radical (unpaired) electrons. The molecule has 1 amide bonds. The summed E-state index contributed by atoms with van der Waals surface area (Å²) in [5.41, 5.74) is 2.77. The summed E-state index contributed by atoms with van der Waals surface area (Å²) in [7, 11) is 1.66. The maximum absolute atomic E-state index is 12.9. The molecule has 1 aromatic carbocycles. The van der Waals surface area contributed by atoms with Crippen molar-refractivity contribution in [3.05, 3.63) is 47.3 Å². The molecule has 2 aromatic rings. The van der Waals surface area contributed by atoms with Gasteiger partial charge < -0.3 is 9.64 Å². The lowest BCUT2D eigenvalue weighted by Crippen LogP contribution is -2.42. The molecule has 0 unspecified atom stereocenters. The van der Waals surface area contributed by atoms with Crippen LogP contribution in [0.1, 0.15) is 40.6 Å². The molecule has 0 bridgehead atoms. The second-order valence-electron chi connectivity index (χ2n) is 6.63. The van der Waals surface area contributed by atoms with Crippen LogP contribution >= 0.6 is 0 Å². The Morgan fingerprint density at radius 1 is 1.29 bits per heavy atom. The molecule has 4 rings (SSSR count). The first-order valence-corrected chi connectivity index (χ1v) is 8.55. The summed E-state index contributed by atoms with van der Waals surface area (Å²) in [5, 5.41) is 8.75. The maximum Gasteiger partial charge on any atom is 0.254 e. The Hall–Kier alpha value is -2.21. The monoisotopic (exact) mass is 326 g/mol. The summed E-state index contributed by atoms with van der Waals surface area (Å²) in [6.45, 7) is 2.06. The number of amides is 1. The predicted molar refractivity (Wildman–Crippen MR) is 88.5 cm³/mol. The molecule has 1 aliphatic heterocycles. The zero-order chi connectivity index (χ0) is 16.5. The van der Waals surface area contributed by atoms with Gasteiger partial charge in [0.05, 0.1) is 12.3 Å². The van der Waals surface area contributed by atoms with E-state index in [-0.39, 0.29) is 11.9 Å². The molecule has 2 aliphatic rings.